The molecule has 0 saturated heterocycles. The molecule has 0 saturated carbocycles. The third-order valence-corrected chi connectivity index (χ3v) is 1.45. The van der Waals surface area contributed by atoms with Gasteiger partial charge in [0, 0.05) is 6.20 Å². The highest BCUT2D eigenvalue weighted by molar-refractivity contribution is 5.12. The van der Waals surface area contributed by atoms with Crippen LogP contribution in [0.5, 0.6) is 0 Å². The third-order valence-electron chi connectivity index (χ3n) is 1.45. The molecule has 0 bridgehead atoms. The van der Waals surface area contributed by atoms with Gasteiger partial charge in [0.1, 0.15) is 5.82 Å². The van der Waals surface area contributed by atoms with Crippen LogP contribution in [0.1, 0.15) is 18.2 Å². The number of aromatic nitrogens is 1. The first kappa shape index (κ1) is 8.62. The number of nitrogens with two attached hydrogens (primary N) is 1. The zero-order valence-corrected chi connectivity index (χ0v) is 6.37. The maximum Gasteiger partial charge on any atom is 0.146 e. The quantitative estimate of drug-likeness (QED) is 0.714. The Morgan fingerprint density at radius 3 is 3.08 bits per heavy atom. The second kappa shape index (κ2) is 3.79. The van der Waals surface area contributed by atoms with E-state index < -0.39 is 11.9 Å². The highest BCUT2D eigenvalue weighted by Crippen LogP contribution is 2.13. The Kier molecular flexibility index (Phi) is 2.72. The monoisotopic (exact) mass is 165 g/mol. The van der Waals surface area contributed by atoms with E-state index in [-0.39, 0.29) is 12.1 Å². The molecule has 1 heterocycles. The van der Waals surface area contributed by atoms with Gasteiger partial charge in [-0.25, -0.2) is 4.39 Å². The van der Waals surface area contributed by atoms with Gasteiger partial charge >= 0.3 is 0 Å². The standard InChI is InChI=1S/C8H8FN3/c9-6-2-1-5-12-8(6)7(11)3-4-10/h1-2,5,7H,3,11H2/t7-/m0/s1. The van der Waals surface area contributed by atoms with E-state index in [0.717, 1.165) is 0 Å². The highest BCUT2D eigenvalue weighted by atomic mass is 19.1. The molecule has 0 aliphatic carbocycles. The van der Waals surface area contributed by atoms with Crippen molar-refractivity contribution in [2.45, 2.75) is 12.5 Å². The van der Waals surface area contributed by atoms with Crippen molar-refractivity contribution < 1.29 is 4.39 Å². The summed E-state index contributed by atoms with van der Waals surface area (Å²) in [6.07, 6.45) is 1.53. The first-order chi connectivity index (χ1) is 5.75. The van der Waals surface area contributed by atoms with Crippen LogP contribution >= 0.6 is 0 Å². The van der Waals surface area contributed by atoms with Crippen molar-refractivity contribution in [3.8, 4) is 6.07 Å². The molecule has 0 amide bonds. The first-order valence-electron chi connectivity index (χ1n) is 3.48. The van der Waals surface area contributed by atoms with Crippen molar-refractivity contribution >= 4 is 0 Å². The molecule has 0 fully saturated rings. The van der Waals surface area contributed by atoms with Gasteiger partial charge in [0.2, 0.25) is 0 Å². The predicted molar refractivity (Wildman–Crippen MR) is 41.4 cm³/mol. The first-order valence-corrected chi connectivity index (χ1v) is 3.48. The van der Waals surface area contributed by atoms with Crippen molar-refractivity contribution in [3.63, 3.8) is 0 Å². The van der Waals surface area contributed by atoms with Crippen LogP contribution < -0.4 is 5.73 Å². The summed E-state index contributed by atoms with van der Waals surface area (Å²) in [5.74, 6) is -0.458. The van der Waals surface area contributed by atoms with Crippen molar-refractivity contribution in [2.24, 2.45) is 5.73 Å². The summed E-state index contributed by atoms with van der Waals surface area (Å²) in [4.78, 5) is 3.75. The van der Waals surface area contributed by atoms with E-state index in [1.165, 1.54) is 18.3 Å². The zero-order chi connectivity index (χ0) is 8.97. The molecule has 0 aliphatic rings. The second-order valence-corrected chi connectivity index (χ2v) is 2.34. The molecule has 2 N–H and O–H groups in total. The lowest BCUT2D eigenvalue weighted by Gasteiger charge is -2.06. The van der Waals surface area contributed by atoms with Gasteiger partial charge < -0.3 is 5.73 Å². The number of halogens is 1. The maximum atomic E-state index is 12.9. The molecule has 1 aromatic heterocycles. The minimum atomic E-state index is -0.629. The maximum absolute atomic E-state index is 12.9. The van der Waals surface area contributed by atoms with Gasteiger partial charge in [0.15, 0.2) is 0 Å². The van der Waals surface area contributed by atoms with Crippen LogP contribution in [-0.4, -0.2) is 4.98 Å². The summed E-state index contributed by atoms with van der Waals surface area (Å²) in [6.45, 7) is 0. The number of hydrogen-bond acceptors (Lipinski definition) is 3. The third kappa shape index (κ3) is 1.77. The summed E-state index contributed by atoms with van der Waals surface area (Å²) in [6, 6.07) is 3.99. The van der Waals surface area contributed by atoms with Crippen LogP contribution in [0.4, 0.5) is 4.39 Å². The largest absolute Gasteiger partial charge is 0.322 e. The van der Waals surface area contributed by atoms with Gasteiger partial charge in [-0.3, -0.25) is 4.98 Å². The molecule has 0 aliphatic heterocycles. The predicted octanol–water partition coefficient (Wildman–Crippen LogP) is 1.13. The molecule has 0 spiro atoms. The molecule has 0 aromatic carbocycles. The topological polar surface area (TPSA) is 62.7 Å². The van der Waals surface area contributed by atoms with Gasteiger partial charge in [-0.2, -0.15) is 5.26 Å². The molecular weight excluding hydrogens is 157 g/mol. The van der Waals surface area contributed by atoms with Crippen LogP contribution in [-0.2, 0) is 0 Å². The zero-order valence-electron chi connectivity index (χ0n) is 6.37. The van der Waals surface area contributed by atoms with E-state index in [0.29, 0.717) is 0 Å². The van der Waals surface area contributed by atoms with Crippen molar-refractivity contribution in [3.05, 3.63) is 29.8 Å². The normalized spacial score (nSPS) is 12.1. The van der Waals surface area contributed by atoms with E-state index in [4.69, 9.17) is 11.0 Å². The summed E-state index contributed by atoms with van der Waals surface area (Å²) in [5.41, 5.74) is 5.63. The molecule has 3 nitrogen and oxygen atoms in total. The lowest BCUT2D eigenvalue weighted by Crippen LogP contribution is -2.12. The molecular formula is C8H8FN3. The van der Waals surface area contributed by atoms with Crippen molar-refractivity contribution in [2.75, 3.05) is 0 Å². The average molecular weight is 165 g/mol. The van der Waals surface area contributed by atoms with Crippen molar-refractivity contribution in [1.29, 1.82) is 5.26 Å². The SMILES string of the molecule is N#CC[C@H](N)c1ncccc1F. The van der Waals surface area contributed by atoms with Gasteiger partial charge in [0.25, 0.3) is 0 Å². The Morgan fingerprint density at radius 2 is 2.50 bits per heavy atom. The van der Waals surface area contributed by atoms with Gasteiger partial charge in [-0.1, -0.05) is 0 Å². The molecule has 0 radical (unpaired) electrons. The van der Waals surface area contributed by atoms with E-state index >= 15 is 0 Å². The van der Waals surface area contributed by atoms with E-state index in [1.807, 2.05) is 6.07 Å². The van der Waals surface area contributed by atoms with E-state index in [2.05, 4.69) is 4.98 Å². The lowest BCUT2D eigenvalue weighted by atomic mass is 10.1. The van der Waals surface area contributed by atoms with Crippen LogP contribution in [0.25, 0.3) is 0 Å². The van der Waals surface area contributed by atoms with Gasteiger partial charge in [-0.05, 0) is 12.1 Å². The molecule has 1 atom stereocenters. The fourth-order valence-corrected chi connectivity index (χ4v) is 0.866. The average Bonchev–Trinajstić information content (AvgIpc) is 2.05. The Bertz CT molecular complexity index is 305. The summed E-state index contributed by atoms with van der Waals surface area (Å²) in [7, 11) is 0. The van der Waals surface area contributed by atoms with E-state index in [1.54, 1.807) is 0 Å². The minimum absolute atomic E-state index is 0.0773. The van der Waals surface area contributed by atoms with Crippen molar-refractivity contribution in [1.82, 2.24) is 4.98 Å². The van der Waals surface area contributed by atoms with Crippen LogP contribution in [0.3, 0.4) is 0 Å². The summed E-state index contributed by atoms with van der Waals surface area (Å²) in [5, 5.41) is 8.31. The lowest BCUT2D eigenvalue weighted by molar-refractivity contribution is 0.569. The molecule has 1 rings (SSSR count). The number of pyridine rings is 1. The summed E-state index contributed by atoms with van der Waals surface area (Å²) < 4.78 is 12.9. The number of rotatable bonds is 2. The number of nitriles is 1. The van der Waals surface area contributed by atoms with Crippen LogP contribution in [0.2, 0.25) is 0 Å². The fourth-order valence-electron chi connectivity index (χ4n) is 0.866. The highest BCUT2D eigenvalue weighted by Gasteiger charge is 2.10. The van der Waals surface area contributed by atoms with Crippen LogP contribution in [0.15, 0.2) is 18.3 Å². The molecule has 62 valence electrons. The molecule has 12 heavy (non-hydrogen) atoms. The number of nitrogens with zero attached hydrogens (tertiary/aromatic N) is 2. The Labute approximate surface area is 69.6 Å². The number of hydrogen-bond donors (Lipinski definition) is 1. The van der Waals surface area contributed by atoms with E-state index in [9.17, 15) is 4.39 Å². The van der Waals surface area contributed by atoms with Crippen LogP contribution in [0, 0.1) is 17.1 Å². The second-order valence-electron chi connectivity index (χ2n) is 2.34. The van der Waals surface area contributed by atoms with Gasteiger partial charge in [-0.15, -0.1) is 0 Å². The smallest absolute Gasteiger partial charge is 0.146 e. The Balaban J connectivity index is 2.88. The minimum Gasteiger partial charge on any atom is -0.322 e. The molecule has 4 heteroatoms. The fraction of sp³-hybridized carbons (Fsp3) is 0.250. The molecule has 0 unspecified atom stereocenters. The Hall–Kier alpha value is -1.47. The van der Waals surface area contributed by atoms with Gasteiger partial charge in [0.05, 0.1) is 24.2 Å². The Morgan fingerprint density at radius 1 is 1.75 bits per heavy atom. The summed E-state index contributed by atoms with van der Waals surface area (Å²) >= 11 is 0. The molecule has 1 aromatic rings.